The fraction of sp³-hybridized carbons (Fsp3) is 0.278. The summed E-state index contributed by atoms with van der Waals surface area (Å²) in [4.78, 5) is 13.8. The number of amides is 1. The quantitative estimate of drug-likeness (QED) is 0.784. The first-order valence-corrected chi connectivity index (χ1v) is 9.16. The summed E-state index contributed by atoms with van der Waals surface area (Å²) in [6.45, 7) is 3.69. The highest BCUT2D eigenvalue weighted by Crippen LogP contribution is 2.41. The van der Waals surface area contributed by atoms with Gasteiger partial charge in [0.1, 0.15) is 9.73 Å². The van der Waals surface area contributed by atoms with Crippen molar-refractivity contribution in [3.05, 3.63) is 48.5 Å². The third-order valence-electron chi connectivity index (χ3n) is 3.94. The summed E-state index contributed by atoms with van der Waals surface area (Å²) in [5.41, 5.74) is 0.582. The van der Waals surface area contributed by atoms with E-state index in [0.29, 0.717) is 21.2 Å². The third-order valence-corrected chi connectivity index (χ3v) is 6.26. The topological polar surface area (TPSA) is 67.8 Å². The number of nitrogens with zero attached hydrogens (tertiary/aromatic N) is 1. The molecule has 0 unspecified atom stereocenters. The second-order valence-corrected chi connectivity index (χ2v) is 8.47. The van der Waals surface area contributed by atoms with Crippen molar-refractivity contribution in [2.45, 2.75) is 23.6 Å². The van der Waals surface area contributed by atoms with Crippen LogP contribution in [0.2, 0.25) is 0 Å². The molecule has 5 nitrogen and oxygen atoms in total. The van der Waals surface area contributed by atoms with Crippen LogP contribution >= 0.6 is 0 Å². The number of ether oxygens (including phenoxy) is 1. The lowest BCUT2D eigenvalue weighted by Crippen LogP contribution is -2.29. The Bertz CT molecular complexity index is 860. The maximum absolute atomic E-state index is 13.8. The molecule has 24 heavy (non-hydrogen) atoms. The maximum atomic E-state index is 13.8. The number of hydrogen-bond donors (Lipinski definition) is 1. The van der Waals surface area contributed by atoms with E-state index in [1.54, 1.807) is 38.1 Å². The Morgan fingerprint density at radius 1 is 1.08 bits per heavy atom. The molecule has 0 atom stereocenters. The summed E-state index contributed by atoms with van der Waals surface area (Å²) in [5, 5.41) is 3.26. The summed E-state index contributed by atoms with van der Waals surface area (Å²) in [7, 11) is -1.52. The summed E-state index contributed by atoms with van der Waals surface area (Å²) < 4.78 is 23.2. The number of nitrogens with one attached hydrogen (secondary N) is 1. The number of benzene rings is 2. The van der Waals surface area contributed by atoms with E-state index in [4.69, 9.17) is 4.74 Å². The van der Waals surface area contributed by atoms with E-state index in [2.05, 4.69) is 9.68 Å². The lowest BCUT2D eigenvalue weighted by Gasteiger charge is -2.26. The standard InChI is InChI=1S/C18H20N2O3S/c1-18(2,12-23-3)17(21)20-24(22)15-10-6-4-8-13(15)19-14-9-5-7-11-16(14)24/h4-11,19H,12H2,1-3H3. The van der Waals surface area contributed by atoms with Gasteiger partial charge in [-0.3, -0.25) is 4.79 Å². The van der Waals surface area contributed by atoms with Crippen LogP contribution in [0.5, 0.6) is 0 Å². The molecule has 1 heterocycles. The molecule has 1 amide bonds. The number of fused-ring (bicyclic) bond motifs is 2. The fourth-order valence-corrected chi connectivity index (χ4v) is 4.92. The van der Waals surface area contributed by atoms with Gasteiger partial charge in [-0.1, -0.05) is 24.3 Å². The molecule has 0 bridgehead atoms. The van der Waals surface area contributed by atoms with Gasteiger partial charge in [0.2, 0.25) is 0 Å². The molecular formula is C18H20N2O3S. The number of carbonyl (C=O) groups excluding carboxylic acids is 1. The lowest BCUT2D eigenvalue weighted by atomic mass is 9.94. The van der Waals surface area contributed by atoms with Gasteiger partial charge in [-0.25, -0.2) is 4.21 Å². The molecule has 1 aliphatic heterocycles. The van der Waals surface area contributed by atoms with E-state index < -0.39 is 21.1 Å². The molecule has 126 valence electrons. The van der Waals surface area contributed by atoms with E-state index in [-0.39, 0.29) is 6.61 Å². The molecule has 0 aromatic heterocycles. The summed E-state index contributed by atoms with van der Waals surface area (Å²) >= 11 is 0. The van der Waals surface area contributed by atoms with Crippen molar-refractivity contribution in [3.8, 4) is 0 Å². The van der Waals surface area contributed by atoms with E-state index in [0.717, 1.165) is 0 Å². The molecule has 6 heteroatoms. The van der Waals surface area contributed by atoms with Crippen LogP contribution in [0.25, 0.3) is 0 Å². The molecule has 3 rings (SSSR count). The monoisotopic (exact) mass is 344 g/mol. The highest BCUT2D eigenvalue weighted by atomic mass is 32.2. The Balaban J connectivity index is 2.24. The molecular weight excluding hydrogens is 324 g/mol. The van der Waals surface area contributed by atoms with Crippen molar-refractivity contribution in [1.29, 1.82) is 0 Å². The van der Waals surface area contributed by atoms with Crippen molar-refractivity contribution in [2.75, 3.05) is 19.0 Å². The van der Waals surface area contributed by atoms with Crippen LogP contribution in [0.1, 0.15) is 13.8 Å². The SMILES string of the molecule is COCC(C)(C)C(=O)N=S1(=O)c2ccccc2Nc2ccccc21. The van der Waals surface area contributed by atoms with Crippen molar-refractivity contribution in [1.82, 2.24) is 0 Å². The van der Waals surface area contributed by atoms with Crippen LogP contribution < -0.4 is 5.32 Å². The number of methoxy groups -OCH3 is 1. The van der Waals surface area contributed by atoms with Crippen molar-refractivity contribution < 1.29 is 13.7 Å². The molecule has 2 aromatic carbocycles. The van der Waals surface area contributed by atoms with Gasteiger partial charge >= 0.3 is 0 Å². The van der Waals surface area contributed by atoms with Gasteiger partial charge in [0.25, 0.3) is 5.91 Å². The Labute approximate surface area is 142 Å². The minimum Gasteiger partial charge on any atom is -0.384 e. The highest BCUT2D eigenvalue weighted by Gasteiger charge is 2.33. The van der Waals surface area contributed by atoms with Crippen molar-refractivity contribution in [3.63, 3.8) is 0 Å². The van der Waals surface area contributed by atoms with Crippen molar-refractivity contribution >= 4 is 27.0 Å². The van der Waals surface area contributed by atoms with Crippen molar-refractivity contribution in [2.24, 2.45) is 9.78 Å². The molecule has 0 radical (unpaired) electrons. The largest absolute Gasteiger partial charge is 0.384 e. The summed E-state index contributed by atoms with van der Waals surface area (Å²) in [6.07, 6.45) is 0. The molecule has 0 saturated heterocycles. The van der Waals surface area contributed by atoms with Crippen LogP contribution in [-0.2, 0) is 19.3 Å². The number of hydrogen-bond acceptors (Lipinski definition) is 4. The number of carbonyl (C=O) groups is 1. The maximum Gasteiger partial charge on any atom is 0.262 e. The lowest BCUT2D eigenvalue weighted by molar-refractivity contribution is -0.128. The Morgan fingerprint density at radius 2 is 1.58 bits per heavy atom. The molecule has 2 aromatic rings. The zero-order valence-corrected chi connectivity index (χ0v) is 14.7. The average Bonchev–Trinajstić information content (AvgIpc) is 2.55. The van der Waals surface area contributed by atoms with E-state index in [9.17, 15) is 9.00 Å². The van der Waals surface area contributed by atoms with Gasteiger partial charge in [-0.05, 0) is 38.1 Å². The zero-order chi connectivity index (χ0) is 17.4. The molecule has 1 aliphatic rings. The van der Waals surface area contributed by atoms with E-state index >= 15 is 0 Å². The predicted molar refractivity (Wildman–Crippen MR) is 93.9 cm³/mol. The van der Waals surface area contributed by atoms with Gasteiger partial charge < -0.3 is 10.1 Å². The molecule has 0 saturated carbocycles. The second kappa shape index (κ2) is 6.03. The molecule has 0 fully saturated rings. The Kier molecular flexibility index (Phi) is 4.19. The minimum atomic E-state index is -3.05. The summed E-state index contributed by atoms with van der Waals surface area (Å²) in [5.74, 6) is -0.430. The van der Waals surface area contributed by atoms with Gasteiger partial charge in [0.15, 0.2) is 0 Å². The average molecular weight is 344 g/mol. The van der Waals surface area contributed by atoms with Crippen LogP contribution in [0, 0.1) is 5.41 Å². The smallest absolute Gasteiger partial charge is 0.262 e. The normalized spacial score (nSPS) is 15.0. The minimum absolute atomic E-state index is 0.215. The number of rotatable bonds is 3. The highest BCUT2D eigenvalue weighted by molar-refractivity contribution is 7.94. The van der Waals surface area contributed by atoms with Crippen LogP contribution in [-0.4, -0.2) is 23.8 Å². The van der Waals surface area contributed by atoms with Gasteiger partial charge in [0, 0.05) is 7.11 Å². The van der Waals surface area contributed by atoms with E-state index in [1.807, 2.05) is 24.3 Å². The second-order valence-electron chi connectivity index (χ2n) is 6.36. The molecule has 1 N–H and O–H groups in total. The first-order valence-electron chi connectivity index (χ1n) is 7.64. The van der Waals surface area contributed by atoms with Gasteiger partial charge in [0.05, 0.1) is 33.2 Å². The fourth-order valence-electron chi connectivity index (χ4n) is 2.65. The van der Waals surface area contributed by atoms with Gasteiger partial charge in [-0.15, -0.1) is 0 Å². The first kappa shape index (κ1) is 16.7. The Hall–Kier alpha value is -2.18. The third kappa shape index (κ3) is 2.72. The molecule has 0 aliphatic carbocycles. The molecule has 0 spiro atoms. The number of anilines is 2. The summed E-state index contributed by atoms with van der Waals surface area (Å²) in [6, 6.07) is 14.5. The van der Waals surface area contributed by atoms with E-state index in [1.165, 1.54) is 7.11 Å². The first-order chi connectivity index (χ1) is 11.4. The zero-order valence-electron chi connectivity index (χ0n) is 13.9. The van der Waals surface area contributed by atoms with Crippen LogP contribution in [0.15, 0.2) is 62.7 Å². The predicted octanol–water partition coefficient (Wildman–Crippen LogP) is 3.83. The van der Waals surface area contributed by atoms with Gasteiger partial charge in [-0.2, -0.15) is 4.36 Å². The number of para-hydroxylation sites is 2. The van der Waals surface area contributed by atoms with Crippen LogP contribution in [0.3, 0.4) is 0 Å². The van der Waals surface area contributed by atoms with Crippen LogP contribution in [0.4, 0.5) is 11.4 Å². The Morgan fingerprint density at radius 3 is 2.08 bits per heavy atom.